The number of carbonyl (C=O) groups excluding carboxylic acids is 1. The van der Waals surface area contributed by atoms with E-state index in [1.165, 1.54) is 0 Å². The molecule has 19 heavy (non-hydrogen) atoms. The molecule has 2 aromatic carbocycles. The highest BCUT2D eigenvalue weighted by Crippen LogP contribution is 2.40. The monoisotopic (exact) mass is 254 g/mol. The lowest BCUT2D eigenvalue weighted by molar-refractivity contribution is -0.118. The van der Waals surface area contributed by atoms with Gasteiger partial charge in [0, 0.05) is 0 Å². The van der Waals surface area contributed by atoms with Gasteiger partial charge < -0.3 is 9.47 Å². The molecule has 0 unspecified atom stereocenters. The van der Waals surface area contributed by atoms with Crippen LogP contribution in [0, 0.1) is 0 Å². The maximum absolute atomic E-state index is 11.2. The van der Waals surface area contributed by atoms with Crippen LogP contribution >= 0.6 is 0 Å². The van der Waals surface area contributed by atoms with Crippen molar-refractivity contribution < 1.29 is 14.3 Å². The van der Waals surface area contributed by atoms with Crippen molar-refractivity contribution in [2.24, 2.45) is 0 Å². The molecule has 1 heterocycles. The second-order valence-corrected chi connectivity index (χ2v) is 4.58. The van der Waals surface area contributed by atoms with Crippen molar-refractivity contribution in [2.75, 3.05) is 0 Å². The van der Waals surface area contributed by atoms with Crippen LogP contribution in [0.5, 0.6) is 11.5 Å². The molecule has 0 radical (unpaired) electrons. The maximum Gasteiger partial charge on any atom is 0.161 e. The zero-order chi connectivity index (χ0) is 13.2. The number of ketones is 1. The molecule has 1 aliphatic heterocycles. The zero-order valence-electron chi connectivity index (χ0n) is 10.6. The van der Waals surface area contributed by atoms with Crippen LogP contribution in [0.1, 0.15) is 18.6 Å². The number of Topliss-reactive ketones (excluding diaryl/α,β-unsaturated/α-hetero) is 1. The Morgan fingerprint density at radius 3 is 2.47 bits per heavy atom. The minimum atomic E-state index is -0.285. The third kappa shape index (κ3) is 2.66. The minimum absolute atomic E-state index is 0.0689. The fourth-order valence-corrected chi connectivity index (χ4v) is 2.05. The molecule has 0 spiro atoms. The SMILES string of the molecule is CC(=O)[C@@H]1O[C@H]1c1cccc(Oc2ccccc2)c1. The van der Waals surface area contributed by atoms with Crippen molar-refractivity contribution in [1.82, 2.24) is 0 Å². The summed E-state index contributed by atoms with van der Waals surface area (Å²) in [5, 5.41) is 0. The lowest BCUT2D eigenvalue weighted by Gasteiger charge is -2.06. The van der Waals surface area contributed by atoms with Gasteiger partial charge >= 0.3 is 0 Å². The predicted molar refractivity (Wildman–Crippen MR) is 71.3 cm³/mol. The Hall–Kier alpha value is -2.13. The first-order valence-corrected chi connectivity index (χ1v) is 6.23. The highest BCUT2D eigenvalue weighted by Gasteiger charge is 2.43. The van der Waals surface area contributed by atoms with Crippen LogP contribution in [0.2, 0.25) is 0 Å². The molecule has 1 aliphatic rings. The standard InChI is InChI=1S/C16H14O3/c1-11(17)15-16(19-15)12-6-5-9-14(10-12)18-13-7-3-2-4-8-13/h2-10,15-16H,1H3/t15-,16-/m0/s1. The Kier molecular flexibility index (Phi) is 3.05. The first-order valence-electron chi connectivity index (χ1n) is 6.23. The Labute approximate surface area is 111 Å². The summed E-state index contributed by atoms with van der Waals surface area (Å²) in [6, 6.07) is 17.3. The molecule has 3 nitrogen and oxygen atoms in total. The van der Waals surface area contributed by atoms with Crippen LogP contribution in [-0.2, 0) is 9.53 Å². The average Bonchev–Trinajstić information content (AvgIpc) is 3.20. The van der Waals surface area contributed by atoms with Crippen LogP contribution in [0.3, 0.4) is 0 Å². The van der Waals surface area contributed by atoms with Crippen molar-refractivity contribution >= 4 is 5.78 Å². The number of epoxide rings is 1. The zero-order valence-corrected chi connectivity index (χ0v) is 10.6. The summed E-state index contributed by atoms with van der Waals surface area (Å²) in [7, 11) is 0. The fraction of sp³-hybridized carbons (Fsp3) is 0.188. The quantitative estimate of drug-likeness (QED) is 0.784. The van der Waals surface area contributed by atoms with Crippen LogP contribution < -0.4 is 4.74 Å². The van der Waals surface area contributed by atoms with Crippen LogP contribution in [0.15, 0.2) is 54.6 Å². The van der Waals surface area contributed by atoms with Crippen molar-refractivity contribution in [2.45, 2.75) is 19.1 Å². The Morgan fingerprint density at radius 2 is 1.79 bits per heavy atom. The number of ether oxygens (including phenoxy) is 2. The van der Waals surface area contributed by atoms with Crippen molar-refractivity contribution in [3.05, 3.63) is 60.2 Å². The highest BCUT2D eigenvalue weighted by atomic mass is 16.6. The average molecular weight is 254 g/mol. The summed E-state index contributed by atoms with van der Waals surface area (Å²) in [6.07, 6.45) is -0.399. The van der Waals surface area contributed by atoms with E-state index < -0.39 is 0 Å². The largest absolute Gasteiger partial charge is 0.457 e. The molecule has 1 fully saturated rings. The summed E-state index contributed by atoms with van der Waals surface area (Å²) < 4.78 is 11.1. The first-order chi connectivity index (χ1) is 9.24. The summed E-state index contributed by atoms with van der Waals surface area (Å²) in [6.45, 7) is 1.55. The van der Waals surface area contributed by atoms with E-state index in [2.05, 4.69) is 0 Å². The number of carbonyl (C=O) groups is 1. The third-order valence-electron chi connectivity index (χ3n) is 3.06. The molecule has 0 saturated carbocycles. The van der Waals surface area contributed by atoms with Gasteiger partial charge in [-0.3, -0.25) is 4.79 Å². The molecule has 3 heteroatoms. The van der Waals surface area contributed by atoms with E-state index in [9.17, 15) is 4.79 Å². The maximum atomic E-state index is 11.2. The van der Waals surface area contributed by atoms with Gasteiger partial charge in [-0.15, -0.1) is 0 Å². The predicted octanol–water partition coefficient (Wildman–Crippen LogP) is 3.51. The van der Waals surface area contributed by atoms with E-state index in [-0.39, 0.29) is 18.0 Å². The lowest BCUT2D eigenvalue weighted by atomic mass is 10.1. The number of hydrogen-bond donors (Lipinski definition) is 0. The Morgan fingerprint density at radius 1 is 1.05 bits per heavy atom. The molecular formula is C16H14O3. The third-order valence-corrected chi connectivity index (χ3v) is 3.06. The topological polar surface area (TPSA) is 38.8 Å². The number of rotatable bonds is 4. The molecule has 0 bridgehead atoms. The summed E-state index contributed by atoms with van der Waals surface area (Å²) >= 11 is 0. The number of para-hydroxylation sites is 1. The first kappa shape index (κ1) is 11.9. The van der Waals surface area contributed by atoms with Crippen molar-refractivity contribution in [1.29, 1.82) is 0 Å². The molecule has 2 atom stereocenters. The number of hydrogen-bond acceptors (Lipinski definition) is 3. The normalized spacial score (nSPS) is 20.9. The van der Waals surface area contributed by atoms with Crippen LogP contribution in [0.4, 0.5) is 0 Å². The van der Waals surface area contributed by atoms with Gasteiger partial charge in [0.25, 0.3) is 0 Å². The Balaban J connectivity index is 1.76. The molecule has 2 aromatic rings. The Bertz CT molecular complexity index is 592. The van der Waals surface area contributed by atoms with E-state index in [1.807, 2.05) is 54.6 Å². The van der Waals surface area contributed by atoms with Gasteiger partial charge in [0.2, 0.25) is 0 Å². The number of benzene rings is 2. The van der Waals surface area contributed by atoms with E-state index in [1.54, 1.807) is 6.92 Å². The molecule has 0 amide bonds. The van der Waals surface area contributed by atoms with Gasteiger partial charge in [-0.25, -0.2) is 0 Å². The van der Waals surface area contributed by atoms with Gasteiger partial charge in [0.1, 0.15) is 23.7 Å². The lowest BCUT2D eigenvalue weighted by Crippen LogP contribution is -2.00. The summed E-state index contributed by atoms with van der Waals surface area (Å²) in [5.74, 6) is 1.61. The molecule has 96 valence electrons. The molecule has 1 saturated heterocycles. The molecule has 3 rings (SSSR count). The van der Waals surface area contributed by atoms with Gasteiger partial charge in [-0.05, 0) is 36.8 Å². The molecule has 0 aliphatic carbocycles. The van der Waals surface area contributed by atoms with E-state index in [0.717, 1.165) is 17.1 Å². The van der Waals surface area contributed by atoms with Crippen LogP contribution in [-0.4, -0.2) is 11.9 Å². The molecule has 0 aromatic heterocycles. The smallest absolute Gasteiger partial charge is 0.161 e. The van der Waals surface area contributed by atoms with Crippen LogP contribution in [0.25, 0.3) is 0 Å². The summed E-state index contributed by atoms with van der Waals surface area (Å²) in [5.41, 5.74) is 0.980. The van der Waals surface area contributed by atoms with Crippen molar-refractivity contribution in [3.8, 4) is 11.5 Å². The van der Waals surface area contributed by atoms with E-state index >= 15 is 0 Å². The molecular weight excluding hydrogens is 240 g/mol. The van der Waals surface area contributed by atoms with E-state index in [4.69, 9.17) is 9.47 Å². The highest BCUT2D eigenvalue weighted by molar-refractivity contribution is 5.83. The fourth-order valence-electron chi connectivity index (χ4n) is 2.05. The van der Waals surface area contributed by atoms with E-state index in [0.29, 0.717) is 0 Å². The van der Waals surface area contributed by atoms with Gasteiger partial charge in [-0.2, -0.15) is 0 Å². The molecule has 0 N–H and O–H groups in total. The van der Waals surface area contributed by atoms with Gasteiger partial charge in [0.15, 0.2) is 5.78 Å². The van der Waals surface area contributed by atoms with Gasteiger partial charge in [0.05, 0.1) is 0 Å². The second-order valence-electron chi connectivity index (χ2n) is 4.58. The van der Waals surface area contributed by atoms with Gasteiger partial charge in [-0.1, -0.05) is 30.3 Å². The minimum Gasteiger partial charge on any atom is -0.457 e. The van der Waals surface area contributed by atoms with Crippen molar-refractivity contribution in [3.63, 3.8) is 0 Å². The second kappa shape index (κ2) is 4.86. The summed E-state index contributed by atoms with van der Waals surface area (Å²) in [4.78, 5) is 11.2.